The van der Waals surface area contributed by atoms with Gasteiger partial charge < -0.3 is 10.2 Å². The van der Waals surface area contributed by atoms with E-state index >= 15 is 0 Å². The third kappa shape index (κ3) is 5.34. The molecule has 23 heavy (non-hydrogen) atoms. The normalized spacial score (nSPS) is 15.2. The van der Waals surface area contributed by atoms with Crippen LogP contribution in [0.2, 0.25) is 0 Å². The molecule has 1 aliphatic carbocycles. The highest BCUT2D eigenvalue weighted by molar-refractivity contribution is 5.78. The molecule has 2 rings (SSSR count). The Morgan fingerprint density at radius 3 is 2.57 bits per heavy atom. The monoisotopic (exact) mass is 320 g/mol. The summed E-state index contributed by atoms with van der Waals surface area (Å²) in [5.41, 5.74) is 0.487. The van der Waals surface area contributed by atoms with Gasteiger partial charge >= 0.3 is 0 Å². The maximum Gasteiger partial charge on any atom is 0.223 e. The first-order valence-corrected chi connectivity index (χ1v) is 8.34. The van der Waals surface area contributed by atoms with Crippen molar-refractivity contribution < 1.29 is 14.0 Å². The molecular weight excluding hydrogens is 295 g/mol. The molecular formula is C18H25FN2O2. The number of nitrogens with one attached hydrogen (secondary N) is 1. The molecule has 0 bridgehead atoms. The SMILES string of the molecule is CC(=O)N(CCNC(=O)C1CCCCC1)Cc1ccccc1F. The Morgan fingerprint density at radius 1 is 1.22 bits per heavy atom. The summed E-state index contributed by atoms with van der Waals surface area (Å²) in [6.07, 6.45) is 5.36. The van der Waals surface area contributed by atoms with Crippen LogP contribution < -0.4 is 5.32 Å². The molecule has 0 unspecified atom stereocenters. The zero-order chi connectivity index (χ0) is 16.7. The number of rotatable bonds is 6. The lowest BCUT2D eigenvalue weighted by molar-refractivity contribution is -0.130. The van der Waals surface area contributed by atoms with Crippen molar-refractivity contribution in [2.45, 2.75) is 45.6 Å². The molecule has 1 aromatic carbocycles. The summed E-state index contributed by atoms with van der Waals surface area (Å²) >= 11 is 0. The van der Waals surface area contributed by atoms with E-state index < -0.39 is 0 Å². The number of hydrogen-bond donors (Lipinski definition) is 1. The van der Waals surface area contributed by atoms with Crippen molar-refractivity contribution in [2.24, 2.45) is 5.92 Å². The lowest BCUT2D eigenvalue weighted by Crippen LogP contribution is -2.39. The molecule has 5 heteroatoms. The summed E-state index contributed by atoms with van der Waals surface area (Å²) in [5.74, 6) is -0.245. The second-order valence-corrected chi connectivity index (χ2v) is 6.16. The van der Waals surface area contributed by atoms with Crippen LogP contribution in [0.1, 0.15) is 44.6 Å². The lowest BCUT2D eigenvalue weighted by Gasteiger charge is -2.24. The molecule has 0 aromatic heterocycles. The van der Waals surface area contributed by atoms with Crippen LogP contribution in [-0.4, -0.2) is 29.8 Å². The highest BCUT2D eigenvalue weighted by Gasteiger charge is 2.21. The van der Waals surface area contributed by atoms with Crippen LogP contribution >= 0.6 is 0 Å². The summed E-state index contributed by atoms with van der Waals surface area (Å²) in [6, 6.07) is 6.44. The molecule has 126 valence electrons. The molecule has 1 aromatic rings. The molecule has 0 radical (unpaired) electrons. The quantitative estimate of drug-likeness (QED) is 0.876. The van der Waals surface area contributed by atoms with Crippen LogP contribution in [0.4, 0.5) is 4.39 Å². The van der Waals surface area contributed by atoms with Crippen molar-refractivity contribution in [2.75, 3.05) is 13.1 Å². The van der Waals surface area contributed by atoms with Gasteiger partial charge in [0.15, 0.2) is 0 Å². The third-order valence-corrected chi connectivity index (χ3v) is 4.42. The van der Waals surface area contributed by atoms with Crippen LogP contribution in [0.5, 0.6) is 0 Å². The average molecular weight is 320 g/mol. The van der Waals surface area contributed by atoms with Crippen LogP contribution in [0.3, 0.4) is 0 Å². The van der Waals surface area contributed by atoms with Crippen LogP contribution in [0.25, 0.3) is 0 Å². The number of carbonyl (C=O) groups excluding carboxylic acids is 2. The second kappa shape index (κ2) is 8.65. The zero-order valence-corrected chi connectivity index (χ0v) is 13.7. The molecule has 0 heterocycles. The summed E-state index contributed by atoms with van der Waals surface area (Å²) in [5, 5.41) is 2.91. The smallest absolute Gasteiger partial charge is 0.223 e. The number of amides is 2. The molecule has 0 saturated heterocycles. The Bertz CT molecular complexity index is 542. The predicted octanol–water partition coefficient (Wildman–Crippen LogP) is 2.87. The minimum atomic E-state index is -0.315. The van der Waals surface area contributed by atoms with E-state index in [1.54, 1.807) is 23.1 Å². The largest absolute Gasteiger partial charge is 0.354 e. The fourth-order valence-corrected chi connectivity index (χ4v) is 3.00. The van der Waals surface area contributed by atoms with E-state index in [9.17, 15) is 14.0 Å². The highest BCUT2D eigenvalue weighted by atomic mass is 19.1. The number of carbonyl (C=O) groups is 2. The zero-order valence-electron chi connectivity index (χ0n) is 13.7. The number of nitrogens with zero attached hydrogens (tertiary/aromatic N) is 1. The lowest BCUT2D eigenvalue weighted by atomic mass is 9.89. The molecule has 4 nitrogen and oxygen atoms in total. The maximum atomic E-state index is 13.7. The second-order valence-electron chi connectivity index (χ2n) is 6.16. The molecule has 0 atom stereocenters. The molecule has 1 N–H and O–H groups in total. The van der Waals surface area contributed by atoms with Gasteiger partial charge in [0.2, 0.25) is 11.8 Å². The van der Waals surface area contributed by atoms with Gasteiger partial charge in [0.25, 0.3) is 0 Å². The fraction of sp³-hybridized carbons (Fsp3) is 0.556. The van der Waals surface area contributed by atoms with Gasteiger partial charge in [-0.15, -0.1) is 0 Å². The molecule has 0 spiro atoms. The Morgan fingerprint density at radius 2 is 1.91 bits per heavy atom. The highest BCUT2D eigenvalue weighted by Crippen LogP contribution is 2.23. The first-order chi connectivity index (χ1) is 11.1. The standard InChI is InChI=1S/C18H25FN2O2/c1-14(22)21(13-16-9-5-6-10-17(16)19)12-11-20-18(23)15-7-3-2-4-8-15/h5-6,9-10,15H,2-4,7-8,11-13H2,1H3,(H,20,23). The van der Waals surface area contributed by atoms with Crippen molar-refractivity contribution in [3.8, 4) is 0 Å². The topological polar surface area (TPSA) is 49.4 Å². The predicted molar refractivity (Wildman–Crippen MR) is 87.1 cm³/mol. The maximum absolute atomic E-state index is 13.7. The van der Waals surface area contributed by atoms with E-state index in [0.29, 0.717) is 18.7 Å². The van der Waals surface area contributed by atoms with Gasteiger partial charge in [-0.1, -0.05) is 37.5 Å². The summed E-state index contributed by atoms with van der Waals surface area (Å²) in [7, 11) is 0. The fourth-order valence-electron chi connectivity index (χ4n) is 3.00. The van der Waals surface area contributed by atoms with Gasteiger partial charge in [0.1, 0.15) is 5.82 Å². The summed E-state index contributed by atoms with van der Waals surface area (Å²) < 4.78 is 13.7. The van der Waals surface area contributed by atoms with Crippen molar-refractivity contribution >= 4 is 11.8 Å². The van der Waals surface area contributed by atoms with Crippen molar-refractivity contribution in [3.63, 3.8) is 0 Å². The van der Waals surface area contributed by atoms with Gasteiger partial charge in [0, 0.05) is 38.0 Å². The first kappa shape index (κ1) is 17.4. The number of hydrogen-bond acceptors (Lipinski definition) is 2. The van der Waals surface area contributed by atoms with E-state index in [4.69, 9.17) is 0 Å². The van der Waals surface area contributed by atoms with E-state index in [0.717, 1.165) is 25.7 Å². The number of benzene rings is 1. The minimum absolute atomic E-state index is 0.0825. The number of halogens is 1. The average Bonchev–Trinajstić information content (AvgIpc) is 2.56. The van der Waals surface area contributed by atoms with E-state index in [1.807, 2.05) is 0 Å². The van der Waals surface area contributed by atoms with Crippen LogP contribution in [-0.2, 0) is 16.1 Å². The summed E-state index contributed by atoms with van der Waals surface area (Å²) in [4.78, 5) is 25.4. The minimum Gasteiger partial charge on any atom is -0.354 e. The Kier molecular flexibility index (Phi) is 6.56. The first-order valence-electron chi connectivity index (χ1n) is 8.34. The van der Waals surface area contributed by atoms with Gasteiger partial charge in [-0.2, -0.15) is 0 Å². The Balaban J connectivity index is 1.82. The van der Waals surface area contributed by atoms with Gasteiger partial charge in [0.05, 0.1) is 0 Å². The third-order valence-electron chi connectivity index (χ3n) is 4.42. The van der Waals surface area contributed by atoms with Crippen LogP contribution in [0.15, 0.2) is 24.3 Å². The van der Waals surface area contributed by atoms with Crippen molar-refractivity contribution in [3.05, 3.63) is 35.6 Å². The van der Waals surface area contributed by atoms with Crippen LogP contribution in [0, 0.1) is 11.7 Å². The molecule has 1 aliphatic rings. The van der Waals surface area contributed by atoms with Crippen molar-refractivity contribution in [1.29, 1.82) is 0 Å². The molecule has 0 aliphatic heterocycles. The van der Waals surface area contributed by atoms with E-state index in [-0.39, 0.29) is 30.1 Å². The summed E-state index contributed by atoms with van der Waals surface area (Å²) in [6.45, 7) is 2.48. The van der Waals surface area contributed by atoms with Gasteiger partial charge in [-0.25, -0.2) is 4.39 Å². The van der Waals surface area contributed by atoms with Gasteiger partial charge in [-0.3, -0.25) is 9.59 Å². The van der Waals surface area contributed by atoms with Gasteiger partial charge in [-0.05, 0) is 18.9 Å². The molecule has 1 saturated carbocycles. The van der Waals surface area contributed by atoms with E-state index in [2.05, 4.69) is 5.32 Å². The van der Waals surface area contributed by atoms with Crippen molar-refractivity contribution in [1.82, 2.24) is 10.2 Å². The van der Waals surface area contributed by atoms with E-state index in [1.165, 1.54) is 19.4 Å². The Hall–Kier alpha value is -1.91. The molecule has 2 amide bonds. The Labute approximate surface area is 137 Å². The molecule has 1 fully saturated rings.